The van der Waals surface area contributed by atoms with Crippen LogP contribution in [0, 0.1) is 13.8 Å². The lowest BCUT2D eigenvalue weighted by atomic mass is 10.0. The van der Waals surface area contributed by atoms with Gasteiger partial charge in [-0.05, 0) is 61.6 Å². The van der Waals surface area contributed by atoms with Crippen LogP contribution in [0.5, 0.6) is 0 Å². The van der Waals surface area contributed by atoms with Gasteiger partial charge in [-0.3, -0.25) is 13.9 Å². The number of amides is 2. The molecule has 0 bridgehead atoms. The number of nitrogens with zero attached hydrogens (tertiary/aromatic N) is 2. The van der Waals surface area contributed by atoms with E-state index < -0.39 is 28.5 Å². The monoisotopic (exact) mass is 623 g/mol. The van der Waals surface area contributed by atoms with E-state index in [-0.39, 0.29) is 23.4 Å². The summed E-state index contributed by atoms with van der Waals surface area (Å²) < 4.78 is 29.6. The second-order valence-electron chi connectivity index (χ2n) is 11.8. The second-order valence-corrected chi connectivity index (χ2v) is 13.7. The van der Waals surface area contributed by atoms with Gasteiger partial charge in [0.15, 0.2) is 0 Å². The minimum atomic E-state index is -4.13. The molecule has 45 heavy (non-hydrogen) atoms. The summed E-state index contributed by atoms with van der Waals surface area (Å²) in [5, 5.41) is 3.21. The lowest BCUT2D eigenvalue weighted by molar-refractivity contribution is -0.140. The Balaban J connectivity index is 1.57. The summed E-state index contributed by atoms with van der Waals surface area (Å²) in [5.74, 6) is -0.681. The summed E-state index contributed by atoms with van der Waals surface area (Å²) in [7, 11) is -4.13. The third-order valence-electron chi connectivity index (χ3n) is 8.40. The van der Waals surface area contributed by atoms with E-state index in [0.29, 0.717) is 12.1 Å². The molecule has 1 aliphatic carbocycles. The molecule has 1 fully saturated rings. The predicted molar refractivity (Wildman–Crippen MR) is 178 cm³/mol. The van der Waals surface area contributed by atoms with Gasteiger partial charge in [0, 0.05) is 19.0 Å². The molecule has 0 saturated heterocycles. The molecule has 234 valence electrons. The Labute approximate surface area is 266 Å². The molecule has 4 aromatic carbocycles. The van der Waals surface area contributed by atoms with Crippen LogP contribution in [-0.4, -0.2) is 43.8 Å². The van der Waals surface area contributed by atoms with Crippen LogP contribution in [0.2, 0.25) is 0 Å². The summed E-state index contributed by atoms with van der Waals surface area (Å²) >= 11 is 0. The zero-order chi connectivity index (χ0) is 31.8. The van der Waals surface area contributed by atoms with E-state index in [1.54, 1.807) is 29.2 Å². The first-order valence-corrected chi connectivity index (χ1v) is 17.0. The highest BCUT2D eigenvalue weighted by Crippen LogP contribution is 2.29. The smallest absolute Gasteiger partial charge is 0.264 e. The van der Waals surface area contributed by atoms with Crippen LogP contribution < -0.4 is 9.62 Å². The number of benzene rings is 4. The molecule has 0 aliphatic heterocycles. The van der Waals surface area contributed by atoms with Gasteiger partial charge in [0.05, 0.1) is 10.6 Å². The fourth-order valence-corrected chi connectivity index (χ4v) is 7.52. The van der Waals surface area contributed by atoms with E-state index >= 15 is 0 Å². The average molecular weight is 624 g/mol. The Morgan fingerprint density at radius 2 is 1.38 bits per heavy atom. The van der Waals surface area contributed by atoms with Gasteiger partial charge in [0.25, 0.3) is 10.0 Å². The van der Waals surface area contributed by atoms with Crippen LogP contribution in [-0.2, 0) is 32.6 Å². The number of hydrogen-bond donors (Lipinski definition) is 1. The molecule has 0 spiro atoms. The fraction of sp³-hybridized carbons (Fsp3) is 0.297. The third-order valence-corrected chi connectivity index (χ3v) is 10.2. The number of carbonyl (C=O) groups is 2. The minimum absolute atomic E-state index is 0.0645. The Kier molecular flexibility index (Phi) is 10.4. The van der Waals surface area contributed by atoms with Crippen LogP contribution in [0.25, 0.3) is 0 Å². The largest absolute Gasteiger partial charge is 0.352 e. The lowest BCUT2D eigenvalue weighted by Gasteiger charge is -2.34. The van der Waals surface area contributed by atoms with Gasteiger partial charge in [-0.25, -0.2) is 8.42 Å². The van der Waals surface area contributed by atoms with Crippen molar-refractivity contribution in [3.8, 4) is 0 Å². The van der Waals surface area contributed by atoms with Crippen molar-refractivity contribution in [2.24, 2.45) is 0 Å². The van der Waals surface area contributed by atoms with Crippen molar-refractivity contribution in [2.45, 2.75) is 69.5 Å². The lowest BCUT2D eigenvalue weighted by Crippen LogP contribution is -2.54. The van der Waals surface area contributed by atoms with Crippen molar-refractivity contribution in [1.82, 2.24) is 10.2 Å². The third kappa shape index (κ3) is 8.00. The summed E-state index contributed by atoms with van der Waals surface area (Å²) in [6.07, 6.45) is 4.23. The molecular weight excluding hydrogens is 582 g/mol. The van der Waals surface area contributed by atoms with Crippen molar-refractivity contribution in [3.63, 3.8) is 0 Å². The first-order chi connectivity index (χ1) is 21.7. The molecule has 4 aromatic rings. The summed E-state index contributed by atoms with van der Waals surface area (Å²) in [4.78, 5) is 30.3. The normalized spacial score (nSPS) is 14.1. The van der Waals surface area contributed by atoms with Gasteiger partial charge in [0.1, 0.15) is 12.6 Å². The number of carbonyl (C=O) groups excluding carboxylic acids is 2. The molecule has 1 aliphatic rings. The molecule has 1 saturated carbocycles. The Morgan fingerprint density at radius 3 is 1.98 bits per heavy atom. The average Bonchev–Trinajstić information content (AvgIpc) is 3.56. The van der Waals surface area contributed by atoms with Gasteiger partial charge in [-0.1, -0.05) is 109 Å². The molecule has 7 nitrogen and oxygen atoms in total. The van der Waals surface area contributed by atoms with Crippen LogP contribution >= 0.6 is 0 Å². The van der Waals surface area contributed by atoms with Crippen LogP contribution in [0.15, 0.2) is 114 Å². The Bertz CT molecular complexity index is 1690. The van der Waals surface area contributed by atoms with E-state index in [0.717, 1.165) is 47.9 Å². The Hall–Kier alpha value is -4.43. The highest BCUT2D eigenvalue weighted by atomic mass is 32.2. The van der Waals surface area contributed by atoms with Gasteiger partial charge >= 0.3 is 0 Å². The van der Waals surface area contributed by atoms with Crippen molar-refractivity contribution >= 4 is 27.5 Å². The standard InChI is InChI=1S/C37H41N3O4S/c1-28-22-23-34(29(2)24-28)40(45(43,44)33-20-10-5-11-21-33)27-36(41)39(26-31-16-8-4-9-17-31)35(25-30-14-6-3-7-15-30)37(42)38-32-18-12-13-19-32/h3-11,14-17,20-24,32,35H,12-13,18-19,25-27H2,1-2H3,(H,38,42)/t35-/m0/s1. The zero-order valence-corrected chi connectivity index (χ0v) is 26.7. The molecule has 0 heterocycles. The summed E-state index contributed by atoms with van der Waals surface area (Å²) in [5.41, 5.74) is 3.90. The van der Waals surface area contributed by atoms with E-state index in [2.05, 4.69) is 5.32 Å². The van der Waals surface area contributed by atoms with E-state index in [1.165, 1.54) is 16.4 Å². The first kappa shape index (κ1) is 32.0. The Morgan fingerprint density at radius 1 is 0.800 bits per heavy atom. The van der Waals surface area contributed by atoms with Gasteiger partial charge in [-0.2, -0.15) is 0 Å². The molecule has 8 heteroatoms. The van der Waals surface area contributed by atoms with Crippen LogP contribution in [0.3, 0.4) is 0 Å². The maximum absolute atomic E-state index is 14.6. The highest BCUT2D eigenvalue weighted by molar-refractivity contribution is 7.92. The molecule has 0 radical (unpaired) electrons. The second kappa shape index (κ2) is 14.6. The van der Waals surface area contributed by atoms with Crippen molar-refractivity contribution in [1.29, 1.82) is 0 Å². The zero-order valence-electron chi connectivity index (χ0n) is 25.9. The minimum Gasteiger partial charge on any atom is -0.352 e. The SMILES string of the molecule is Cc1ccc(N(CC(=O)N(Cc2ccccc2)[C@@H](Cc2ccccc2)C(=O)NC2CCCC2)S(=O)(=O)c2ccccc2)c(C)c1. The number of sulfonamides is 1. The molecule has 2 amide bonds. The first-order valence-electron chi connectivity index (χ1n) is 15.5. The number of rotatable bonds is 12. The summed E-state index contributed by atoms with van der Waals surface area (Å²) in [6.45, 7) is 3.48. The van der Waals surface area contributed by atoms with E-state index in [1.807, 2.05) is 86.6 Å². The van der Waals surface area contributed by atoms with Crippen molar-refractivity contribution in [3.05, 3.63) is 131 Å². The number of anilines is 1. The molecule has 1 atom stereocenters. The van der Waals surface area contributed by atoms with Gasteiger partial charge in [-0.15, -0.1) is 0 Å². The predicted octanol–water partition coefficient (Wildman–Crippen LogP) is 6.20. The molecule has 1 N–H and O–H groups in total. The highest BCUT2D eigenvalue weighted by Gasteiger charge is 2.35. The van der Waals surface area contributed by atoms with Gasteiger partial charge < -0.3 is 10.2 Å². The molecule has 5 rings (SSSR count). The number of nitrogens with one attached hydrogen (secondary N) is 1. The molecule has 0 unspecified atom stereocenters. The summed E-state index contributed by atoms with van der Waals surface area (Å²) in [6, 6.07) is 32.0. The van der Waals surface area contributed by atoms with Crippen molar-refractivity contribution in [2.75, 3.05) is 10.8 Å². The molecule has 0 aromatic heterocycles. The maximum atomic E-state index is 14.6. The maximum Gasteiger partial charge on any atom is 0.264 e. The van der Waals surface area contributed by atoms with Gasteiger partial charge in [0.2, 0.25) is 11.8 Å². The fourth-order valence-electron chi connectivity index (χ4n) is 6.02. The van der Waals surface area contributed by atoms with Crippen LogP contribution in [0.4, 0.5) is 5.69 Å². The number of aryl methyl sites for hydroxylation is 2. The van der Waals surface area contributed by atoms with E-state index in [4.69, 9.17) is 0 Å². The topological polar surface area (TPSA) is 86.8 Å². The molecular formula is C37H41N3O4S. The van der Waals surface area contributed by atoms with E-state index in [9.17, 15) is 18.0 Å². The van der Waals surface area contributed by atoms with Crippen molar-refractivity contribution < 1.29 is 18.0 Å². The van der Waals surface area contributed by atoms with Crippen LogP contribution in [0.1, 0.15) is 47.9 Å². The quantitative estimate of drug-likeness (QED) is 0.204. The number of hydrogen-bond acceptors (Lipinski definition) is 4.